The van der Waals surface area contributed by atoms with E-state index < -0.39 is 0 Å². The summed E-state index contributed by atoms with van der Waals surface area (Å²) in [4.78, 5) is 13.0. The molecule has 1 atom stereocenters. The second-order valence-corrected chi connectivity index (χ2v) is 5.30. The minimum Gasteiger partial charge on any atom is -0.383 e. The van der Waals surface area contributed by atoms with Crippen LogP contribution in [0.25, 0.3) is 11.1 Å². The SMILES string of the molecule is C[C@@H](N=C(N)c1cncc(-c2cccnc2)c1)c1ccccc1. The summed E-state index contributed by atoms with van der Waals surface area (Å²) >= 11 is 0. The first kappa shape index (κ1) is 14.9. The molecule has 0 fully saturated rings. The number of benzene rings is 1. The van der Waals surface area contributed by atoms with Gasteiger partial charge in [-0.25, -0.2) is 0 Å². The van der Waals surface area contributed by atoms with E-state index >= 15 is 0 Å². The summed E-state index contributed by atoms with van der Waals surface area (Å²) in [6, 6.07) is 16.0. The van der Waals surface area contributed by atoms with Crippen molar-refractivity contribution in [2.75, 3.05) is 0 Å². The predicted octanol–water partition coefficient (Wildman–Crippen LogP) is 3.61. The Labute approximate surface area is 135 Å². The molecule has 3 aromatic rings. The van der Waals surface area contributed by atoms with Crippen molar-refractivity contribution in [2.45, 2.75) is 13.0 Å². The molecule has 0 aliphatic heterocycles. The van der Waals surface area contributed by atoms with Crippen molar-refractivity contribution < 1.29 is 0 Å². The molecule has 114 valence electrons. The zero-order valence-electron chi connectivity index (χ0n) is 12.9. The Hall–Kier alpha value is -3.01. The minimum atomic E-state index is -0.00162. The number of amidine groups is 1. The van der Waals surface area contributed by atoms with Gasteiger partial charge in [0.15, 0.2) is 0 Å². The first-order valence-electron chi connectivity index (χ1n) is 7.48. The molecule has 1 aromatic carbocycles. The molecule has 0 saturated carbocycles. The van der Waals surface area contributed by atoms with Gasteiger partial charge < -0.3 is 5.73 Å². The fraction of sp³-hybridized carbons (Fsp3) is 0.105. The second kappa shape index (κ2) is 6.83. The number of aromatic nitrogens is 2. The molecule has 0 aliphatic rings. The minimum absolute atomic E-state index is 0.00162. The third kappa shape index (κ3) is 3.61. The normalized spacial score (nSPS) is 12.8. The fourth-order valence-corrected chi connectivity index (χ4v) is 2.36. The quantitative estimate of drug-likeness (QED) is 0.591. The van der Waals surface area contributed by atoms with Crippen LogP contribution in [-0.4, -0.2) is 15.8 Å². The molecule has 2 heterocycles. The summed E-state index contributed by atoms with van der Waals surface area (Å²) in [5.41, 5.74) is 10.1. The van der Waals surface area contributed by atoms with Gasteiger partial charge in [-0.1, -0.05) is 36.4 Å². The highest BCUT2D eigenvalue weighted by molar-refractivity contribution is 5.98. The van der Waals surface area contributed by atoms with Gasteiger partial charge in [0.2, 0.25) is 0 Å². The lowest BCUT2D eigenvalue weighted by molar-refractivity contribution is 0.818. The Morgan fingerprint density at radius 2 is 1.74 bits per heavy atom. The van der Waals surface area contributed by atoms with Gasteiger partial charge in [-0.2, -0.15) is 0 Å². The van der Waals surface area contributed by atoms with E-state index in [4.69, 9.17) is 5.73 Å². The van der Waals surface area contributed by atoms with Crippen LogP contribution in [0, 0.1) is 0 Å². The number of rotatable bonds is 4. The molecule has 2 aromatic heterocycles. The average molecular weight is 302 g/mol. The van der Waals surface area contributed by atoms with Crippen molar-refractivity contribution in [3.8, 4) is 11.1 Å². The number of nitrogens with zero attached hydrogens (tertiary/aromatic N) is 3. The smallest absolute Gasteiger partial charge is 0.127 e. The highest BCUT2D eigenvalue weighted by Gasteiger charge is 2.07. The zero-order valence-corrected chi connectivity index (χ0v) is 12.9. The summed E-state index contributed by atoms with van der Waals surface area (Å²) in [7, 11) is 0. The molecule has 0 saturated heterocycles. The van der Waals surface area contributed by atoms with Crippen LogP contribution in [0.2, 0.25) is 0 Å². The van der Waals surface area contributed by atoms with Crippen LogP contribution in [0.3, 0.4) is 0 Å². The van der Waals surface area contributed by atoms with Crippen LogP contribution in [0.5, 0.6) is 0 Å². The summed E-state index contributed by atoms with van der Waals surface area (Å²) in [5.74, 6) is 0.486. The Kier molecular flexibility index (Phi) is 4.43. The van der Waals surface area contributed by atoms with Gasteiger partial charge in [-0.15, -0.1) is 0 Å². The van der Waals surface area contributed by atoms with Crippen molar-refractivity contribution in [3.63, 3.8) is 0 Å². The molecule has 0 radical (unpaired) electrons. The van der Waals surface area contributed by atoms with E-state index in [0.29, 0.717) is 5.84 Å². The number of hydrogen-bond donors (Lipinski definition) is 1. The van der Waals surface area contributed by atoms with E-state index in [9.17, 15) is 0 Å². The lowest BCUT2D eigenvalue weighted by Crippen LogP contribution is -2.15. The summed E-state index contributed by atoms with van der Waals surface area (Å²) < 4.78 is 0. The Balaban J connectivity index is 1.88. The number of hydrogen-bond acceptors (Lipinski definition) is 3. The fourth-order valence-electron chi connectivity index (χ4n) is 2.36. The highest BCUT2D eigenvalue weighted by Crippen LogP contribution is 2.20. The standard InChI is InChI=1S/C19H18N4/c1-14(15-6-3-2-4-7-15)23-19(20)18-10-17(12-22-13-18)16-8-5-9-21-11-16/h2-14H,1H3,(H2,20,23)/t14-/m1/s1. The lowest BCUT2D eigenvalue weighted by Gasteiger charge is -2.09. The van der Waals surface area contributed by atoms with Crippen LogP contribution in [-0.2, 0) is 0 Å². The van der Waals surface area contributed by atoms with E-state index in [0.717, 1.165) is 22.3 Å². The predicted molar refractivity (Wildman–Crippen MR) is 93.0 cm³/mol. The van der Waals surface area contributed by atoms with Gasteiger partial charge in [0.05, 0.1) is 6.04 Å². The van der Waals surface area contributed by atoms with Crippen molar-refractivity contribution in [3.05, 3.63) is 84.4 Å². The molecule has 2 N–H and O–H groups in total. The van der Waals surface area contributed by atoms with Gasteiger partial charge in [0, 0.05) is 41.5 Å². The molecule has 23 heavy (non-hydrogen) atoms. The molecule has 3 rings (SSSR count). The monoisotopic (exact) mass is 302 g/mol. The van der Waals surface area contributed by atoms with Crippen LogP contribution < -0.4 is 5.73 Å². The van der Waals surface area contributed by atoms with Gasteiger partial charge in [-0.3, -0.25) is 15.0 Å². The maximum Gasteiger partial charge on any atom is 0.127 e. The highest BCUT2D eigenvalue weighted by atomic mass is 14.9. The molecule has 4 nitrogen and oxygen atoms in total. The van der Waals surface area contributed by atoms with Gasteiger partial charge in [0.1, 0.15) is 5.84 Å². The number of nitrogens with two attached hydrogens (primary N) is 1. The van der Waals surface area contributed by atoms with Gasteiger partial charge in [0.25, 0.3) is 0 Å². The first-order valence-corrected chi connectivity index (χ1v) is 7.48. The van der Waals surface area contributed by atoms with E-state index in [2.05, 4.69) is 15.0 Å². The van der Waals surface area contributed by atoms with Crippen LogP contribution in [0.4, 0.5) is 0 Å². The van der Waals surface area contributed by atoms with Crippen molar-refractivity contribution in [1.29, 1.82) is 0 Å². The van der Waals surface area contributed by atoms with Gasteiger partial charge in [-0.05, 0) is 24.6 Å². The molecule has 0 amide bonds. The first-order chi connectivity index (χ1) is 11.2. The zero-order chi connectivity index (χ0) is 16.1. The maximum absolute atomic E-state index is 6.17. The lowest BCUT2D eigenvalue weighted by atomic mass is 10.1. The van der Waals surface area contributed by atoms with Crippen molar-refractivity contribution >= 4 is 5.84 Å². The van der Waals surface area contributed by atoms with Crippen LogP contribution in [0.1, 0.15) is 24.1 Å². The van der Waals surface area contributed by atoms with Crippen LogP contribution in [0.15, 0.2) is 78.3 Å². The molecular weight excluding hydrogens is 284 g/mol. The number of aliphatic imine (C=N–C) groups is 1. The summed E-state index contributed by atoms with van der Waals surface area (Å²) in [6.45, 7) is 2.03. The summed E-state index contributed by atoms with van der Waals surface area (Å²) in [6.07, 6.45) is 7.09. The number of pyridine rings is 2. The summed E-state index contributed by atoms with van der Waals surface area (Å²) in [5, 5.41) is 0. The third-order valence-electron chi connectivity index (χ3n) is 3.64. The topological polar surface area (TPSA) is 64.2 Å². The molecular formula is C19H18N4. The van der Waals surface area contributed by atoms with Gasteiger partial charge >= 0.3 is 0 Å². The third-order valence-corrected chi connectivity index (χ3v) is 3.64. The van der Waals surface area contributed by atoms with Crippen molar-refractivity contribution in [1.82, 2.24) is 9.97 Å². The Morgan fingerprint density at radius 3 is 2.48 bits per heavy atom. The molecule has 0 bridgehead atoms. The van der Waals surface area contributed by atoms with E-state index in [-0.39, 0.29) is 6.04 Å². The Bertz CT molecular complexity index is 798. The Morgan fingerprint density at radius 1 is 0.957 bits per heavy atom. The maximum atomic E-state index is 6.17. The average Bonchev–Trinajstić information content (AvgIpc) is 2.63. The van der Waals surface area contributed by atoms with Crippen LogP contribution >= 0.6 is 0 Å². The largest absolute Gasteiger partial charge is 0.383 e. The molecule has 0 spiro atoms. The van der Waals surface area contributed by atoms with Crippen molar-refractivity contribution in [2.24, 2.45) is 10.7 Å². The second-order valence-electron chi connectivity index (χ2n) is 5.30. The molecule has 4 heteroatoms. The van der Waals surface area contributed by atoms with E-state index in [1.165, 1.54) is 0 Å². The molecule has 0 unspecified atom stereocenters. The van der Waals surface area contributed by atoms with E-state index in [1.54, 1.807) is 24.8 Å². The molecule has 0 aliphatic carbocycles. The van der Waals surface area contributed by atoms with E-state index in [1.807, 2.05) is 55.5 Å².